The van der Waals surface area contributed by atoms with Gasteiger partial charge in [-0.15, -0.1) is 0 Å². The molecule has 0 aliphatic rings. The second kappa shape index (κ2) is 12.7. The lowest BCUT2D eigenvalue weighted by atomic mass is 10.1. The first-order valence-electron chi connectivity index (χ1n) is 11.6. The average Bonchev–Trinajstić information content (AvgIpc) is 2.70. The van der Waals surface area contributed by atoms with Crippen molar-refractivity contribution in [2.24, 2.45) is 21.5 Å². The molecule has 0 amide bonds. The van der Waals surface area contributed by atoms with Gasteiger partial charge in [-0.05, 0) is 44.2 Å². The van der Waals surface area contributed by atoms with Crippen LogP contribution in [-0.2, 0) is 6.42 Å². The van der Waals surface area contributed by atoms with Crippen molar-refractivity contribution in [2.75, 3.05) is 68.0 Å². The third-order valence-electron chi connectivity index (χ3n) is 5.95. The first kappa shape index (κ1) is 26.9. The van der Waals surface area contributed by atoms with Crippen molar-refractivity contribution >= 4 is 17.6 Å². The number of nitrogens with zero attached hydrogens (tertiary/aromatic N) is 5. The topological polar surface area (TPSA) is 80.0 Å². The van der Waals surface area contributed by atoms with E-state index in [1.807, 2.05) is 11.9 Å². The standard InChI is InChI=1S/C24H47N7/c1-8-18-31(7,9-2)19-11-10-17-29(3)24(26)28-23(25)27-16-15-21-13-12-14-22(20-21)30(4,5)6/h12-14,20H,8-11,15-19H2,1-7H3,(H4,25,26,27,28)/q+2. The molecule has 4 N–H and O–H groups in total. The maximum absolute atomic E-state index is 6.12. The number of aliphatic imine (C=N–C) groups is 2. The molecule has 176 valence electrons. The zero-order chi connectivity index (χ0) is 23.5. The van der Waals surface area contributed by atoms with Crippen molar-refractivity contribution < 1.29 is 4.48 Å². The molecule has 0 aliphatic heterocycles. The van der Waals surface area contributed by atoms with Crippen LogP contribution in [0.3, 0.4) is 0 Å². The summed E-state index contributed by atoms with van der Waals surface area (Å²) in [6, 6.07) is 8.59. The summed E-state index contributed by atoms with van der Waals surface area (Å²) in [6.07, 6.45) is 4.32. The summed E-state index contributed by atoms with van der Waals surface area (Å²) < 4.78 is 1.93. The highest BCUT2D eigenvalue weighted by Crippen LogP contribution is 2.18. The first-order chi connectivity index (χ1) is 14.5. The second-order valence-corrected chi connectivity index (χ2v) is 9.65. The number of benzene rings is 1. The molecular formula is C24H47N7+2. The molecule has 1 aromatic carbocycles. The summed E-state index contributed by atoms with van der Waals surface area (Å²) >= 11 is 0. The normalized spacial score (nSPS) is 15.1. The number of hydrogen-bond acceptors (Lipinski definition) is 1. The molecule has 0 spiro atoms. The van der Waals surface area contributed by atoms with E-state index in [-0.39, 0.29) is 5.96 Å². The molecule has 0 aliphatic carbocycles. The molecule has 1 unspecified atom stereocenters. The fraction of sp³-hybridized carbons (Fsp3) is 0.667. The van der Waals surface area contributed by atoms with Gasteiger partial charge in [-0.25, -0.2) is 0 Å². The lowest BCUT2D eigenvalue weighted by molar-refractivity contribution is -0.908. The molecule has 7 heteroatoms. The summed E-state index contributed by atoms with van der Waals surface area (Å²) in [5, 5.41) is 0. The maximum Gasteiger partial charge on any atom is 0.218 e. The molecular weight excluding hydrogens is 386 g/mol. The van der Waals surface area contributed by atoms with E-state index in [0.717, 1.165) is 28.4 Å². The van der Waals surface area contributed by atoms with Crippen LogP contribution in [0, 0.1) is 0 Å². The molecule has 31 heavy (non-hydrogen) atoms. The van der Waals surface area contributed by atoms with Crippen LogP contribution in [0.2, 0.25) is 0 Å². The van der Waals surface area contributed by atoms with E-state index < -0.39 is 0 Å². The number of hydrogen-bond donors (Lipinski definition) is 2. The molecule has 0 radical (unpaired) electrons. The number of rotatable bonds is 12. The van der Waals surface area contributed by atoms with E-state index >= 15 is 0 Å². The third kappa shape index (κ3) is 10.2. The van der Waals surface area contributed by atoms with Crippen LogP contribution in [-0.4, -0.2) is 89.3 Å². The highest BCUT2D eigenvalue weighted by atomic mass is 15.3. The van der Waals surface area contributed by atoms with Crippen molar-refractivity contribution in [2.45, 2.75) is 39.5 Å². The molecule has 0 saturated carbocycles. The molecule has 0 heterocycles. The van der Waals surface area contributed by atoms with Crippen molar-refractivity contribution in [3.05, 3.63) is 29.8 Å². The van der Waals surface area contributed by atoms with E-state index in [9.17, 15) is 0 Å². The average molecular weight is 434 g/mol. The van der Waals surface area contributed by atoms with Gasteiger partial charge in [0, 0.05) is 26.2 Å². The number of guanidine groups is 2. The van der Waals surface area contributed by atoms with Crippen LogP contribution in [0.25, 0.3) is 0 Å². The van der Waals surface area contributed by atoms with Gasteiger partial charge < -0.3 is 20.9 Å². The van der Waals surface area contributed by atoms with Crippen LogP contribution < -0.4 is 16.0 Å². The molecule has 1 aromatic rings. The Bertz CT molecular complexity index is 721. The Morgan fingerprint density at radius 3 is 2.35 bits per heavy atom. The quantitative estimate of drug-likeness (QED) is 0.230. The summed E-state index contributed by atoms with van der Waals surface area (Å²) in [6.45, 7) is 9.62. The zero-order valence-electron chi connectivity index (χ0n) is 21.1. The second-order valence-electron chi connectivity index (χ2n) is 9.65. The Morgan fingerprint density at radius 1 is 1.03 bits per heavy atom. The molecule has 0 saturated heterocycles. The van der Waals surface area contributed by atoms with Crippen LogP contribution in [0.1, 0.15) is 38.7 Å². The van der Waals surface area contributed by atoms with Crippen LogP contribution >= 0.6 is 0 Å². The van der Waals surface area contributed by atoms with Crippen LogP contribution in [0.5, 0.6) is 0 Å². The summed E-state index contributed by atoms with van der Waals surface area (Å²) in [7, 11) is 10.8. The minimum absolute atomic E-state index is 0.241. The van der Waals surface area contributed by atoms with Gasteiger partial charge >= 0.3 is 0 Å². The van der Waals surface area contributed by atoms with Crippen molar-refractivity contribution in [3.63, 3.8) is 0 Å². The minimum atomic E-state index is 0.241. The molecule has 1 rings (SSSR count). The number of quaternary nitrogens is 2. The molecule has 0 aromatic heterocycles. The van der Waals surface area contributed by atoms with Crippen molar-refractivity contribution in [3.8, 4) is 0 Å². The molecule has 1 atom stereocenters. The Hall–Kier alpha value is -2.12. The summed E-state index contributed by atoms with van der Waals surface area (Å²) in [5.41, 5.74) is 14.6. The van der Waals surface area contributed by atoms with Gasteiger partial charge in [-0.2, -0.15) is 4.99 Å². The van der Waals surface area contributed by atoms with E-state index in [1.54, 1.807) is 0 Å². The molecule has 7 nitrogen and oxygen atoms in total. The maximum atomic E-state index is 6.12. The lowest BCUT2D eigenvalue weighted by Gasteiger charge is -2.33. The highest BCUT2D eigenvalue weighted by molar-refractivity contribution is 5.93. The Kier molecular flexibility index (Phi) is 11.0. The smallest absolute Gasteiger partial charge is 0.218 e. The summed E-state index contributed by atoms with van der Waals surface area (Å²) in [4.78, 5) is 10.6. The SMILES string of the molecule is CCC[N+](C)(CC)CCCCN(C)/C(N)=N/C(N)=NCCc1cccc([N+](C)(C)C)c1. The summed E-state index contributed by atoms with van der Waals surface area (Å²) in [5.74, 6) is 0.667. The predicted octanol–water partition coefficient (Wildman–Crippen LogP) is 2.64. The third-order valence-corrected chi connectivity index (χ3v) is 5.95. The van der Waals surface area contributed by atoms with E-state index in [2.05, 4.69) is 76.3 Å². The zero-order valence-corrected chi connectivity index (χ0v) is 21.1. The fourth-order valence-corrected chi connectivity index (χ4v) is 3.59. The lowest BCUT2D eigenvalue weighted by Crippen LogP contribution is -2.45. The first-order valence-corrected chi connectivity index (χ1v) is 11.6. The Balaban J connectivity index is 2.48. The Morgan fingerprint density at radius 2 is 1.74 bits per heavy atom. The van der Waals surface area contributed by atoms with Gasteiger partial charge in [0.1, 0.15) is 5.69 Å². The van der Waals surface area contributed by atoms with Gasteiger partial charge in [-0.1, -0.05) is 19.1 Å². The largest absolute Gasteiger partial charge is 0.369 e. The van der Waals surface area contributed by atoms with Gasteiger partial charge in [0.25, 0.3) is 0 Å². The van der Waals surface area contributed by atoms with E-state index in [0.29, 0.717) is 12.5 Å². The van der Waals surface area contributed by atoms with Gasteiger partial charge in [0.2, 0.25) is 5.96 Å². The van der Waals surface area contributed by atoms with Gasteiger partial charge in [-0.3, -0.25) is 9.48 Å². The number of unbranched alkanes of at least 4 members (excludes halogenated alkanes) is 1. The van der Waals surface area contributed by atoms with Crippen molar-refractivity contribution in [1.29, 1.82) is 0 Å². The highest BCUT2D eigenvalue weighted by Gasteiger charge is 2.17. The van der Waals surface area contributed by atoms with Crippen LogP contribution in [0.4, 0.5) is 5.69 Å². The van der Waals surface area contributed by atoms with Gasteiger partial charge in [0.05, 0.1) is 47.8 Å². The fourth-order valence-electron chi connectivity index (χ4n) is 3.59. The van der Waals surface area contributed by atoms with Gasteiger partial charge in [0.15, 0.2) is 5.96 Å². The monoisotopic (exact) mass is 433 g/mol. The van der Waals surface area contributed by atoms with E-state index in [1.165, 1.54) is 43.7 Å². The molecule has 0 fully saturated rings. The number of nitrogens with two attached hydrogens (primary N) is 2. The van der Waals surface area contributed by atoms with E-state index in [4.69, 9.17) is 11.5 Å². The van der Waals surface area contributed by atoms with Crippen LogP contribution in [0.15, 0.2) is 34.3 Å². The molecule has 0 bridgehead atoms. The van der Waals surface area contributed by atoms with Crippen molar-refractivity contribution in [1.82, 2.24) is 9.38 Å². The minimum Gasteiger partial charge on any atom is -0.369 e. The predicted molar refractivity (Wildman–Crippen MR) is 136 cm³/mol. The Labute approximate surface area is 190 Å².